The standard InChI is InChI=1S/IO3.HI.2K.H2O4S/c2-1(3)4;;;;1-5(2,3)4/h;1H;;;(H2,1,2,3,4)/q-1;;2*+1;/p-1. The molecule has 12 heteroatoms. The van der Waals surface area contributed by atoms with E-state index in [1.54, 1.807) is 0 Å². The van der Waals surface area contributed by atoms with E-state index in [2.05, 4.69) is 0 Å². The van der Waals surface area contributed by atoms with Crippen LogP contribution in [0.5, 0.6) is 0 Å². The van der Waals surface area contributed by atoms with Crippen LogP contribution in [0, 0.1) is 0 Å². The summed E-state index contributed by atoms with van der Waals surface area (Å²) >= 11 is -4.01. The van der Waals surface area contributed by atoms with E-state index in [1.165, 1.54) is 0 Å². The fraction of sp³-hybridized carbons (Fsp3) is 0. The van der Waals surface area contributed by atoms with Crippen LogP contribution >= 0.6 is 0 Å². The molecule has 0 heterocycles. The summed E-state index contributed by atoms with van der Waals surface area (Å²) in [5.74, 6) is 0. The third-order valence-corrected chi connectivity index (χ3v) is 0. The maximum Gasteiger partial charge on any atom is 1.00 e. The molecule has 0 aromatic rings. The number of halogens is 2. The summed E-state index contributed by atoms with van der Waals surface area (Å²) in [7, 11) is -4.67. The van der Waals surface area contributed by atoms with Crippen molar-refractivity contribution < 1.29 is 176 Å². The van der Waals surface area contributed by atoms with E-state index in [0.717, 1.165) is 0 Å². The minimum atomic E-state index is -4.67. The fourth-order valence-electron chi connectivity index (χ4n) is 0. The summed E-state index contributed by atoms with van der Waals surface area (Å²) in [6.07, 6.45) is 0. The number of hydrogen-bond acceptors (Lipinski definition) is 5. The molecule has 0 fully saturated rings. The van der Waals surface area contributed by atoms with Gasteiger partial charge in [-0.15, -0.1) is 0 Å². The molecule has 0 spiro atoms. The summed E-state index contributed by atoms with van der Waals surface area (Å²) < 4.78 is 57.3. The Labute approximate surface area is 181 Å². The van der Waals surface area contributed by atoms with E-state index in [1.807, 2.05) is 0 Å². The van der Waals surface area contributed by atoms with Crippen molar-refractivity contribution in [2.24, 2.45) is 0 Å². The molecule has 0 saturated carbocycles. The van der Waals surface area contributed by atoms with Gasteiger partial charge >= 0.3 is 113 Å². The first-order chi connectivity index (χ1) is 3.73. The molecule has 0 aliphatic rings. The van der Waals surface area contributed by atoms with Gasteiger partial charge in [-0.25, -0.2) is 0 Å². The first-order valence-electron chi connectivity index (χ1n) is 1.16. The smallest absolute Gasteiger partial charge is 1.00 e. The molecular formula is H2I2K2O7S. The molecule has 66 valence electrons. The predicted octanol–water partition coefficient (Wildman–Crippen LogP) is -16.2. The minimum absolute atomic E-state index is 0. The van der Waals surface area contributed by atoms with Crippen molar-refractivity contribution in [1.82, 2.24) is 0 Å². The Morgan fingerprint density at radius 1 is 1.00 bits per heavy atom. The van der Waals surface area contributed by atoms with Gasteiger partial charge in [0.15, 0.2) is 0 Å². The van der Waals surface area contributed by atoms with Gasteiger partial charge in [0.25, 0.3) is 21.1 Å². The van der Waals surface area contributed by atoms with Gasteiger partial charge in [-0.2, -0.15) is 8.42 Å². The Morgan fingerprint density at radius 3 is 1.00 bits per heavy atom. The summed E-state index contributed by atoms with van der Waals surface area (Å²) in [6.45, 7) is 0. The summed E-state index contributed by atoms with van der Waals surface area (Å²) in [5, 5.41) is 0. The van der Waals surface area contributed by atoms with Crippen molar-refractivity contribution in [2.75, 3.05) is 0 Å². The Balaban J connectivity index is -0.0000000221. The van der Waals surface area contributed by atoms with Gasteiger partial charge < -0.3 is 34.3 Å². The van der Waals surface area contributed by atoms with Crippen LogP contribution < -0.4 is 158 Å². The monoisotopic (exact) mass is 478 g/mol. The second-order valence-corrected chi connectivity index (χ2v) is 2.61. The summed E-state index contributed by atoms with van der Waals surface area (Å²) in [6, 6.07) is 0. The Kier molecular flexibility index (Phi) is 44.6. The van der Waals surface area contributed by atoms with Crippen LogP contribution in [0.25, 0.3) is 0 Å². The molecule has 0 radical (unpaired) electrons. The normalized spacial score (nSPS) is 7.83. The van der Waals surface area contributed by atoms with E-state index >= 15 is 0 Å². The van der Waals surface area contributed by atoms with Crippen LogP contribution in [0.15, 0.2) is 0 Å². The van der Waals surface area contributed by atoms with Gasteiger partial charge in [-0.05, 0) is 0 Å². The molecule has 0 rings (SSSR count). The van der Waals surface area contributed by atoms with Gasteiger partial charge in [0.1, 0.15) is 0 Å². The van der Waals surface area contributed by atoms with E-state index in [9.17, 15) is 0 Å². The van der Waals surface area contributed by atoms with Crippen molar-refractivity contribution in [3.63, 3.8) is 0 Å². The zero-order chi connectivity index (χ0) is 8.08. The molecule has 0 atom stereocenters. The number of hydrogen-bond donors (Lipinski definition) is 2. The average molecular weight is 478 g/mol. The molecule has 12 heavy (non-hydrogen) atoms. The second kappa shape index (κ2) is 17.9. The Hall–Kier alpha value is 4.48. The van der Waals surface area contributed by atoms with Crippen LogP contribution in [0.2, 0.25) is 0 Å². The van der Waals surface area contributed by atoms with Gasteiger partial charge in [-0.1, -0.05) is 0 Å². The first-order valence-corrected chi connectivity index (χ1v) is 5.20. The zero-order valence-corrected chi connectivity index (χ0v) is 17.5. The third kappa shape index (κ3) is 131. The van der Waals surface area contributed by atoms with Gasteiger partial charge in [0, 0.05) is 0 Å². The van der Waals surface area contributed by atoms with Crippen LogP contribution in [0.1, 0.15) is 0 Å². The molecule has 0 amide bonds. The molecule has 0 aliphatic heterocycles. The SMILES string of the molecule is O=S(=O)(O)O.[I-].[K+].[K+].[O-][I+2]([O-])[O-]. The van der Waals surface area contributed by atoms with Crippen molar-refractivity contribution in [3.8, 4) is 0 Å². The van der Waals surface area contributed by atoms with Crippen LogP contribution in [-0.2, 0) is 10.4 Å². The molecule has 0 aromatic carbocycles. The van der Waals surface area contributed by atoms with Crippen molar-refractivity contribution >= 4 is 10.4 Å². The summed E-state index contributed by atoms with van der Waals surface area (Å²) in [4.78, 5) is 0. The van der Waals surface area contributed by atoms with Crippen molar-refractivity contribution in [2.45, 2.75) is 0 Å². The molecule has 2 N–H and O–H groups in total. The molecule has 0 unspecified atom stereocenters. The van der Waals surface area contributed by atoms with Crippen LogP contribution in [-0.4, -0.2) is 17.5 Å². The molecule has 0 saturated heterocycles. The van der Waals surface area contributed by atoms with Crippen LogP contribution in [0.4, 0.5) is 0 Å². The topological polar surface area (TPSA) is 144 Å². The minimum Gasteiger partial charge on any atom is -1.00 e. The molecule has 0 aliphatic carbocycles. The average Bonchev–Trinajstić information content (AvgIpc) is 1.19. The Bertz CT molecular complexity index is 131. The van der Waals surface area contributed by atoms with Crippen molar-refractivity contribution in [1.29, 1.82) is 0 Å². The summed E-state index contributed by atoms with van der Waals surface area (Å²) in [5.41, 5.74) is 0. The third-order valence-electron chi connectivity index (χ3n) is 0. The molecule has 0 aromatic heterocycles. The Morgan fingerprint density at radius 2 is 1.00 bits per heavy atom. The van der Waals surface area contributed by atoms with E-state index in [0.29, 0.717) is 0 Å². The van der Waals surface area contributed by atoms with E-state index in [-0.39, 0.29) is 127 Å². The van der Waals surface area contributed by atoms with Gasteiger partial charge in [-0.3, -0.25) is 9.11 Å². The second-order valence-electron chi connectivity index (χ2n) is 0.637. The molecular weight excluding hydrogens is 476 g/mol. The van der Waals surface area contributed by atoms with Gasteiger partial charge in [0.2, 0.25) is 0 Å². The fourth-order valence-corrected chi connectivity index (χ4v) is 0. The van der Waals surface area contributed by atoms with Crippen molar-refractivity contribution in [3.05, 3.63) is 0 Å². The number of rotatable bonds is 0. The largest absolute Gasteiger partial charge is 1.00 e. The van der Waals surface area contributed by atoms with E-state index < -0.39 is 31.5 Å². The zero-order valence-electron chi connectivity index (χ0n) is 6.10. The maximum absolute atomic E-state index is 8.74. The maximum atomic E-state index is 8.74. The molecule has 7 nitrogen and oxygen atoms in total. The van der Waals surface area contributed by atoms with Crippen LogP contribution in [0.3, 0.4) is 0 Å². The molecule has 0 bridgehead atoms. The first kappa shape index (κ1) is 30.0. The van der Waals surface area contributed by atoms with E-state index in [4.69, 9.17) is 27.8 Å². The van der Waals surface area contributed by atoms with Gasteiger partial charge in [0.05, 0.1) is 0 Å². The quantitative estimate of drug-likeness (QED) is 0.200. The predicted molar refractivity (Wildman–Crippen MR) is 14.2 cm³/mol.